The minimum Gasteiger partial charge on any atom is -0.412 e. The lowest BCUT2D eigenvalue weighted by Gasteiger charge is -0.947. The van der Waals surface area contributed by atoms with Crippen molar-refractivity contribution in [1.82, 2.24) is 6.15 Å². The summed E-state index contributed by atoms with van der Waals surface area (Å²) in [5.74, 6) is 0. The van der Waals surface area contributed by atoms with Gasteiger partial charge < -0.3 is 11.6 Å². The Labute approximate surface area is 48.4 Å². The summed E-state index contributed by atoms with van der Waals surface area (Å²) in [6.07, 6.45) is 0.250. The van der Waals surface area contributed by atoms with Gasteiger partial charge >= 0.3 is 17.7 Å². The van der Waals surface area contributed by atoms with Crippen molar-refractivity contribution >= 4 is 17.7 Å². The van der Waals surface area contributed by atoms with Gasteiger partial charge in [0, 0.05) is 0 Å². The number of hydrogen-bond acceptors (Lipinski definition) is 5. The third-order valence-corrected chi connectivity index (χ3v) is 0. The average Bonchev–Trinajstić information content (AvgIpc) is 1.39. The van der Waals surface area contributed by atoms with Crippen LogP contribution in [-0.4, -0.2) is 20.0 Å². The Morgan fingerprint density at radius 3 is 1.12 bits per heavy atom. The molecule has 0 aliphatic heterocycles. The predicted octanol–water partition coefficient (Wildman–Crippen LogP) is -1.92. The molecule has 0 bridgehead atoms. The molecular weight excluding hydrogens is 138 g/mol. The summed E-state index contributed by atoms with van der Waals surface area (Å²) in [4.78, 5) is 16.2. The van der Waals surface area contributed by atoms with Crippen molar-refractivity contribution in [3.63, 3.8) is 0 Å². The lowest BCUT2D eigenvalue weighted by molar-refractivity contribution is -0.191. The quantitative estimate of drug-likeness (QED) is 0.421. The number of carbonyl (C=O) groups excluding carboxylic acids is 2. The molecule has 0 atom stereocenters. The monoisotopic (exact) mass is 143 g/mol. The van der Waals surface area contributed by atoms with Crippen molar-refractivity contribution in [3.05, 3.63) is 0 Å². The van der Waals surface area contributed by atoms with Crippen molar-refractivity contribution in [1.29, 1.82) is 0 Å². The Morgan fingerprint density at radius 1 is 1.12 bits per heavy atom. The van der Waals surface area contributed by atoms with Crippen LogP contribution in [0.5, 0.6) is 0 Å². The van der Waals surface area contributed by atoms with Gasteiger partial charge in [0.15, 0.2) is 0 Å². The predicted molar refractivity (Wildman–Crippen MR) is 22.6 cm³/mol. The Morgan fingerprint density at radius 2 is 1.12 bits per heavy atom. The summed E-state index contributed by atoms with van der Waals surface area (Å²) in [7, 11) is 0. The fraction of sp³-hybridized carbons (Fsp3) is 0. The zero-order valence-electron chi connectivity index (χ0n) is 3.75. The van der Waals surface area contributed by atoms with Crippen molar-refractivity contribution in [2.75, 3.05) is 0 Å². The van der Waals surface area contributed by atoms with E-state index in [0.29, 0.717) is 0 Å². The molecular formula is CH5NO5S. The molecule has 0 aliphatic rings. The van der Waals surface area contributed by atoms with Gasteiger partial charge in [0.1, 0.15) is 0 Å². The number of hydrogen-bond donors (Lipinski definition) is 1. The molecule has 0 unspecified atom stereocenters. The van der Waals surface area contributed by atoms with E-state index in [9.17, 15) is 0 Å². The van der Waals surface area contributed by atoms with Gasteiger partial charge in [0.05, 0.1) is 0 Å². The highest BCUT2D eigenvalue weighted by Gasteiger charge is 1.13. The summed E-state index contributed by atoms with van der Waals surface area (Å²) in [5.41, 5.74) is 0. The van der Waals surface area contributed by atoms with Gasteiger partial charge in [-0.1, -0.05) is 0 Å². The third-order valence-electron chi connectivity index (χ3n) is 0. The average molecular weight is 143 g/mol. The molecule has 6 nitrogen and oxygen atoms in total. The summed E-state index contributed by atoms with van der Waals surface area (Å²) in [5, 5.41) is 0. The molecule has 0 radical (unpaired) electrons. The lowest BCUT2D eigenvalue weighted by Crippen LogP contribution is -1.22. The van der Waals surface area contributed by atoms with Crippen LogP contribution >= 0.6 is 0 Å². The van der Waals surface area contributed by atoms with E-state index in [0.717, 1.165) is 0 Å². The Hall–Kier alpha value is -0.880. The van der Waals surface area contributed by atoms with E-state index in [1.54, 1.807) is 0 Å². The zero-order chi connectivity index (χ0) is 5.41. The third kappa shape index (κ3) is 112. The normalized spacial score (nSPS) is 2.50. The van der Waals surface area contributed by atoms with Gasteiger partial charge in [-0.25, -0.2) is 0 Å². The smallest absolute Gasteiger partial charge is 0.373 e. The Balaban J connectivity index is -0.0000000160. The summed E-state index contributed by atoms with van der Waals surface area (Å²) >= 11 is -0.750. The molecule has 0 heterocycles. The minimum atomic E-state index is -0.750. The second kappa shape index (κ2) is 128. The van der Waals surface area contributed by atoms with Crippen LogP contribution in [0, 0.1) is 0 Å². The Bertz CT molecular complexity index is 66.4. The molecule has 7 heteroatoms. The van der Waals surface area contributed by atoms with E-state index in [4.69, 9.17) is 18.0 Å². The molecule has 5 N–H and O–H groups in total. The molecule has 0 aliphatic carbocycles. The zero-order valence-corrected chi connectivity index (χ0v) is 4.56. The van der Waals surface area contributed by atoms with Gasteiger partial charge in [-0.05, 0) is 0 Å². The standard InChI is InChI=1S/CO2.H3N.O2S.H2O/c2-1-3;;1-3-2;/h;1H3;;1H2. The van der Waals surface area contributed by atoms with Crippen LogP contribution in [0.4, 0.5) is 0 Å². The van der Waals surface area contributed by atoms with Gasteiger partial charge in [0.2, 0.25) is 0 Å². The van der Waals surface area contributed by atoms with E-state index < -0.39 is 11.6 Å². The summed E-state index contributed by atoms with van der Waals surface area (Å²) < 4.78 is 16.6. The fourth-order valence-corrected chi connectivity index (χ4v) is 0. The fourth-order valence-electron chi connectivity index (χ4n) is 0. The molecule has 0 amide bonds. The van der Waals surface area contributed by atoms with Crippen LogP contribution in [0.1, 0.15) is 0 Å². The van der Waals surface area contributed by atoms with Crippen LogP contribution in [0.15, 0.2) is 0 Å². The Kier molecular flexibility index (Phi) is 438. The molecule has 50 valence electrons. The molecule has 0 aromatic carbocycles. The van der Waals surface area contributed by atoms with Crippen molar-refractivity contribution < 1.29 is 23.5 Å². The van der Waals surface area contributed by atoms with Gasteiger partial charge in [-0.3, -0.25) is 0 Å². The molecule has 0 aromatic rings. The first-order chi connectivity index (χ1) is 2.83. The second-order valence-electron chi connectivity index (χ2n) is 0.151. The van der Waals surface area contributed by atoms with Crippen LogP contribution in [0.3, 0.4) is 0 Å². The maximum Gasteiger partial charge on any atom is 0.373 e. The van der Waals surface area contributed by atoms with Gasteiger partial charge in [-0.2, -0.15) is 18.0 Å². The first-order valence-corrected chi connectivity index (χ1v) is 1.41. The van der Waals surface area contributed by atoms with E-state index in [1.165, 1.54) is 0 Å². The van der Waals surface area contributed by atoms with Crippen LogP contribution < -0.4 is 6.15 Å². The highest BCUT2D eigenvalue weighted by Crippen LogP contribution is 0.846. The van der Waals surface area contributed by atoms with Gasteiger partial charge in [0.25, 0.3) is 0 Å². The molecule has 0 aromatic heterocycles. The highest BCUT2D eigenvalue weighted by atomic mass is 32.1. The molecule has 0 saturated heterocycles. The largest absolute Gasteiger partial charge is 0.412 e. The van der Waals surface area contributed by atoms with Crippen molar-refractivity contribution in [2.45, 2.75) is 0 Å². The van der Waals surface area contributed by atoms with E-state index in [2.05, 4.69) is 0 Å². The van der Waals surface area contributed by atoms with Gasteiger partial charge in [-0.15, -0.1) is 0 Å². The highest BCUT2D eigenvalue weighted by molar-refractivity contribution is 7.51. The molecule has 0 rings (SSSR count). The van der Waals surface area contributed by atoms with E-state index in [-0.39, 0.29) is 17.8 Å². The van der Waals surface area contributed by atoms with Crippen LogP contribution in [-0.2, 0) is 21.2 Å². The second-order valence-corrected chi connectivity index (χ2v) is 0.287. The van der Waals surface area contributed by atoms with Crippen molar-refractivity contribution in [2.24, 2.45) is 0 Å². The van der Waals surface area contributed by atoms with Crippen LogP contribution in [0.25, 0.3) is 0 Å². The molecule has 8 heavy (non-hydrogen) atoms. The SMILES string of the molecule is N.O.O=C=O.O=S=O. The summed E-state index contributed by atoms with van der Waals surface area (Å²) in [6, 6.07) is 0. The summed E-state index contributed by atoms with van der Waals surface area (Å²) in [6.45, 7) is 0. The first kappa shape index (κ1) is 27.4. The topological polar surface area (TPSA) is 135 Å². The van der Waals surface area contributed by atoms with E-state index >= 15 is 0 Å². The van der Waals surface area contributed by atoms with Crippen molar-refractivity contribution in [3.8, 4) is 0 Å². The maximum absolute atomic E-state index is 8.29. The lowest BCUT2D eigenvalue weighted by atomic mass is 11.8. The van der Waals surface area contributed by atoms with Crippen LogP contribution in [0.2, 0.25) is 0 Å². The number of rotatable bonds is 0. The first-order valence-electron chi connectivity index (χ1n) is 0.742. The molecule has 0 saturated carbocycles. The minimum absolute atomic E-state index is 0. The molecule has 0 fully saturated rings. The van der Waals surface area contributed by atoms with E-state index in [1.807, 2.05) is 0 Å². The maximum atomic E-state index is 8.29. The molecule has 0 spiro atoms.